The monoisotopic (exact) mass is 339 g/mol. The third-order valence-electron chi connectivity index (χ3n) is 2.38. The standard InChI is InChI=1S/C12H26O2.K.H3O4P/c1-2-3-4-5-6-7-8-9-11-14-12-10-13;;1-5(2,3)4/h13H,2-12H2,1H3;;(H3,1,2,3,4)/q;+1;. The first-order valence-electron chi connectivity index (χ1n) is 6.88. The number of hydrogen-bond donors (Lipinski definition) is 4. The Morgan fingerprint density at radius 1 is 0.850 bits per heavy atom. The third-order valence-corrected chi connectivity index (χ3v) is 2.38. The zero-order valence-electron chi connectivity index (χ0n) is 12.8. The quantitative estimate of drug-likeness (QED) is 0.223. The fourth-order valence-corrected chi connectivity index (χ4v) is 1.50. The van der Waals surface area contributed by atoms with Gasteiger partial charge in [0.25, 0.3) is 0 Å². The van der Waals surface area contributed by atoms with Gasteiger partial charge in [-0.1, -0.05) is 51.9 Å². The molecular formula is C12H29KO6P+. The summed E-state index contributed by atoms with van der Waals surface area (Å²) in [5, 5.41) is 8.46. The van der Waals surface area contributed by atoms with Crippen LogP contribution in [0.3, 0.4) is 0 Å². The van der Waals surface area contributed by atoms with E-state index in [2.05, 4.69) is 6.92 Å². The summed E-state index contributed by atoms with van der Waals surface area (Å²) < 4.78 is 14.1. The molecule has 0 heterocycles. The van der Waals surface area contributed by atoms with Crippen molar-refractivity contribution >= 4 is 7.82 Å². The van der Waals surface area contributed by atoms with Crippen molar-refractivity contribution in [3.8, 4) is 0 Å². The molecule has 0 saturated heterocycles. The molecule has 0 fully saturated rings. The molecule has 0 unspecified atom stereocenters. The molecule has 118 valence electrons. The zero-order valence-corrected chi connectivity index (χ0v) is 16.8. The van der Waals surface area contributed by atoms with Gasteiger partial charge in [0, 0.05) is 6.61 Å². The molecule has 6 nitrogen and oxygen atoms in total. The number of aliphatic hydroxyl groups is 1. The van der Waals surface area contributed by atoms with E-state index in [9.17, 15) is 0 Å². The molecule has 0 aromatic heterocycles. The van der Waals surface area contributed by atoms with Gasteiger partial charge in [0.05, 0.1) is 13.2 Å². The van der Waals surface area contributed by atoms with Gasteiger partial charge in [-0.2, -0.15) is 0 Å². The average molecular weight is 339 g/mol. The van der Waals surface area contributed by atoms with Crippen LogP contribution in [0, 0.1) is 0 Å². The minimum Gasteiger partial charge on any atom is -0.394 e. The first kappa shape index (κ1) is 26.6. The van der Waals surface area contributed by atoms with Crippen LogP contribution in [0.25, 0.3) is 0 Å². The zero-order chi connectivity index (χ0) is 15.0. The van der Waals surface area contributed by atoms with Crippen molar-refractivity contribution in [3.05, 3.63) is 0 Å². The summed E-state index contributed by atoms with van der Waals surface area (Å²) in [5.41, 5.74) is 0. The summed E-state index contributed by atoms with van der Waals surface area (Å²) in [4.78, 5) is 21.6. The predicted octanol–water partition coefficient (Wildman–Crippen LogP) is -0.789. The van der Waals surface area contributed by atoms with Crippen LogP contribution in [0.2, 0.25) is 0 Å². The van der Waals surface area contributed by atoms with Crippen molar-refractivity contribution in [1.29, 1.82) is 0 Å². The maximum absolute atomic E-state index is 8.88. The normalized spacial score (nSPS) is 10.4. The number of ether oxygens (including phenoxy) is 1. The van der Waals surface area contributed by atoms with Crippen molar-refractivity contribution in [1.82, 2.24) is 0 Å². The molecule has 0 aromatic carbocycles. The molecule has 0 saturated carbocycles. The minimum absolute atomic E-state index is 0. The van der Waals surface area contributed by atoms with Gasteiger partial charge in [0.2, 0.25) is 0 Å². The summed E-state index contributed by atoms with van der Waals surface area (Å²) in [7, 11) is -4.64. The van der Waals surface area contributed by atoms with Gasteiger partial charge in [-0.25, -0.2) is 4.57 Å². The third kappa shape index (κ3) is 42.7. The Kier molecular flexibility index (Phi) is 27.4. The largest absolute Gasteiger partial charge is 1.00 e. The molecule has 0 atom stereocenters. The molecule has 20 heavy (non-hydrogen) atoms. The molecule has 0 spiro atoms. The number of rotatable bonds is 11. The second-order valence-electron chi connectivity index (χ2n) is 4.32. The molecular weight excluding hydrogens is 310 g/mol. The number of unbranched alkanes of at least 4 members (excludes halogenated alkanes) is 7. The molecule has 0 rings (SSSR count). The fourth-order valence-electron chi connectivity index (χ4n) is 1.50. The molecule has 0 amide bonds. The van der Waals surface area contributed by atoms with E-state index in [0.29, 0.717) is 6.61 Å². The van der Waals surface area contributed by atoms with E-state index >= 15 is 0 Å². The summed E-state index contributed by atoms with van der Waals surface area (Å²) in [5.74, 6) is 0. The van der Waals surface area contributed by atoms with Crippen molar-refractivity contribution in [2.75, 3.05) is 19.8 Å². The average Bonchev–Trinajstić information content (AvgIpc) is 2.29. The molecule has 0 aliphatic rings. The Morgan fingerprint density at radius 3 is 1.65 bits per heavy atom. The smallest absolute Gasteiger partial charge is 0.394 e. The number of aliphatic hydroxyl groups excluding tert-OH is 1. The van der Waals surface area contributed by atoms with E-state index in [1.165, 1.54) is 44.9 Å². The summed E-state index contributed by atoms with van der Waals surface area (Å²) in [6.45, 7) is 3.71. The Hall–Kier alpha value is 1.67. The molecule has 0 radical (unpaired) electrons. The first-order chi connectivity index (χ1) is 8.91. The van der Waals surface area contributed by atoms with Crippen LogP contribution in [0.1, 0.15) is 58.3 Å². The maximum Gasteiger partial charge on any atom is 1.00 e. The van der Waals surface area contributed by atoms with E-state index in [1.807, 2.05) is 0 Å². The van der Waals surface area contributed by atoms with Crippen LogP contribution in [0.4, 0.5) is 0 Å². The predicted molar refractivity (Wildman–Crippen MR) is 74.8 cm³/mol. The SMILES string of the molecule is CCCCCCCCCCOCCO.O=P(O)(O)O.[K+]. The fraction of sp³-hybridized carbons (Fsp3) is 1.00. The molecule has 0 aromatic rings. The van der Waals surface area contributed by atoms with E-state index in [4.69, 9.17) is 29.1 Å². The van der Waals surface area contributed by atoms with Gasteiger partial charge in [-0.3, -0.25) is 0 Å². The molecule has 8 heteroatoms. The first-order valence-corrected chi connectivity index (χ1v) is 8.45. The Morgan fingerprint density at radius 2 is 1.25 bits per heavy atom. The molecule has 4 N–H and O–H groups in total. The van der Waals surface area contributed by atoms with Crippen LogP contribution < -0.4 is 51.4 Å². The summed E-state index contributed by atoms with van der Waals surface area (Å²) in [6, 6.07) is 0. The van der Waals surface area contributed by atoms with Gasteiger partial charge < -0.3 is 24.5 Å². The number of phosphoric acid groups is 1. The molecule has 0 aliphatic carbocycles. The van der Waals surface area contributed by atoms with Crippen molar-refractivity contribution in [2.24, 2.45) is 0 Å². The van der Waals surface area contributed by atoms with Gasteiger partial charge in [-0.05, 0) is 6.42 Å². The Bertz CT molecular complexity index is 192. The van der Waals surface area contributed by atoms with Crippen LogP contribution in [0.15, 0.2) is 0 Å². The second kappa shape index (κ2) is 20.7. The van der Waals surface area contributed by atoms with Crippen molar-refractivity contribution in [2.45, 2.75) is 58.3 Å². The Labute approximate surface area is 165 Å². The van der Waals surface area contributed by atoms with Crippen molar-refractivity contribution < 1.29 is 80.5 Å². The van der Waals surface area contributed by atoms with E-state index in [0.717, 1.165) is 13.0 Å². The van der Waals surface area contributed by atoms with Gasteiger partial charge >= 0.3 is 59.2 Å². The summed E-state index contributed by atoms with van der Waals surface area (Å²) >= 11 is 0. The minimum atomic E-state index is -4.64. The molecule has 0 aliphatic heterocycles. The second-order valence-corrected chi connectivity index (χ2v) is 5.35. The topological polar surface area (TPSA) is 107 Å². The van der Waals surface area contributed by atoms with E-state index < -0.39 is 7.82 Å². The van der Waals surface area contributed by atoms with Gasteiger partial charge in [0.1, 0.15) is 0 Å². The van der Waals surface area contributed by atoms with Crippen LogP contribution in [0.5, 0.6) is 0 Å². The number of hydrogen-bond acceptors (Lipinski definition) is 3. The maximum atomic E-state index is 8.88. The van der Waals surface area contributed by atoms with Gasteiger partial charge in [-0.15, -0.1) is 0 Å². The van der Waals surface area contributed by atoms with Crippen LogP contribution in [-0.4, -0.2) is 39.6 Å². The van der Waals surface area contributed by atoms with Crippen LogP contribution in [-0.2, 0) is 9.30 Å². The van der Waals surface area contributed by atoms with E-state index in [1.54, 1.807) is 0 Å². The van der Waals surface area contributed by atoms with Gasteiger partial charge in [0.15, 0.2) is 0 Å². The Balaban J connectivity index is -0.000000414. The molecule has 0 bridgehead atoms. The van der Waals surface area contributed by atoms with E-state index in [-0.39, 0.29) is 58.0 Å². The summed E-state index contributed by atoms with van der Waals surface area (Å²) in [6.07, 6.45) is 10.6. The van der Waals surface area contributed by atoms with Crippen molar-refractivity contribution in [3.63, 3.8) is 0 Å². The van der Waals surface area contributed by atoms with Crippen LogP contribution >= 0.6 is 7.82 Å².